The summed E-state index contributed by atoms with van der Waals surface area (Å²) in [6, 6.07) is 5.94. The Balaban J connectivity index is 1.32. The molecule has 0 radical (unpaired) electrons. The number of esters is 1. The molecule has 48 heavy (non-hydrogen) atoms. The Hall–Kier alpha value is -4.16. The molecule has 2 unspecified atom stereocenters. The summed E-state index contributed by atoms with van der Waals surface area (Å²) in [5.41, 5.74) is -0.676. The van der Waals surface area contributed by atoms with Gasteiger partial charge >= 0.3 is 12.0 Å². The molecule has 3 atom stereocenters. The molecule has 0 bridgehead atoms. The summed E-state index contributed by atoms with van der Waals surface area (Å²) in [7, 11) is 0. The van der Waals surface area contributed by atoms with Gasteiger partial charge in [0.05, 0.1) is 16.5 Å². The number of hydrogen-bond acceptors (Lipinski definition) is 10. The molecule has 3 saturated heterocycles. The number of phenolic OH excluding ortho intramolecular Hbond substituents is 1. The summed E-state index contributed by atoms with van der Waals surface area (Å²) in [5.74, 6) is -1.15. The molecule has 0 aliphatic carbocycles. The van der Waals surface area contributed by atoms with E-state index in [0.717, 1.165) is 32.2 Å². The number of aliphatic hydroxyl groups is 1. The Morgan fingerprint density at radius 2 is 1.94 bits per heavy atom. The number of halogens is 2. The molecule has 3 fully saturated rings. The minimum atomic E-state index is -0.965. The van der Waals surface area contributed by atoms with Gasteiger partial charge in [0.2, 0.25) is 0 Å². The molecule has 254 valence electrons. The first-order valence-corrected chi connectivity index (χ1v) is 16.8. The average molecular weight is 662 g/mol. The number of hydrogen-bond donors (Lipinski definition) is 2. The molecular formula is C36H41F2N5O5. The number of ether oxygens (including phenoxy) is 2. The maximum Gasteiger partial charge on any atom is 0.319 e. The lowest BCUT2D eigenvalue weighted by Crippen LogP contribution is -2.48. The number of carbonyl (C=O) groups is 1. The van der Waals surface area contributed by atoms with Crippen molar-refractivity contribution in [3.8, 4) is 23.0 Å². The van der Waals surface area contributed by atoms with Gasteiger partial charge in [-0.2, -0.15) is 9.97 Å². The van der Waals surface area contributed by atoms with Crippen molar-refractivity contribution in [3.05, 3.63) is 47.7 Å². The summed E-state index contributed by atoms with van der Waals surface area (Å²) in [5, 5.41) is 22.9. The number of fused-ring (bicyclic) bond motifs is 3. The van der Waals surface area contributed by atoms with Gasteiger partial charge < -0.3 is 24.6 Å². The molecule has 5 heterocycles. The molecular weight excluding hydrogens is 620 g/mol. The van der Waals surface area contributed by atoms with E-state index in [-0.39, 0.29) is 59.2 Å². The van der Waals surface area contributed by atoms with Crippen LogP contribution in [0.4, 0.5) is 14.6 Å². The van der Waals surface area contributed by atoms with Gasteiger partial charge in [-0.05, 0) is 92.9 Å². The van der Waals surface area contributed by atoms with Gasteiger partial charge in [-0.1, -0.05) is 13.0 Å². The standard InChI is InChI=1S/C36H41F2N5O5/c1-4-25-28(37)8-7-22-15-24(45)16-26(29(22)25)31-30(38)32-27(17-39-31)33(42-13-5-10-35(3,46)19-42)41-34(40-32)48-20-36-11-6-14-43(36)23(9-12-36)18-47-21(2)44/h7-8,15-17,23,45-46H,4-6,9-14,18-20H2,1-3H3/t23?,35-,36?/m1/s1. The number of aryl methyl sites for hydroxylation is 1. The Labute approximate surface area is 277 Å². The zero-order chi connectivity index (χ0) is 33.8. The minimum absolute atomic E-state index is 0.00415. The van der Waals surface area contributed by atoms with Crippen molar-refractivity contribution in [2.75, 3.05) is 37.7 Å². The molecule has 3 aliphatic rings. The minimum Gasteiger partial charge on any atom is -0.508 e. The Bertz CT molecular complexity index is 1900. The zero-order valence-corrected chi connectivity index (χ0v) is 27.6. The molecule has 10 nitrogen and oxygen atoms in total. The van der Waals surface area contributed by atoms with Gasteiger partial charge in [0, 0.05) is 37.8 Å². The number of aromatic nitrogens is 3. The summed E-state index contributed by atoms with van der Waals surface area (Å²) < 4.78 is 43.6. The first-order valence-electron chi connectivity index (χ1n) is 16.8. The van der Waals surface area contributed by atoms with Crippen LogP contribution in [0.3, 0.4) is 0 Å². The van der Waals surface area contributed by atoms with Crippen LogP contribution in [-0.2, 0) is 16.0 Å². The van der Waals surface area contributed by atoms with Crippen LogP contribution in [0.25, 0.3) is 32.9 Å². The van der Waals surface area contributed by atoms with Gasteiger partial charge in [-0.3, -0.25) is 14.7 Å². The highest BCUT2D eigenvalue weighted by molar-refractivity contribution is 6.01. The molecule has 0 saturated carbocycles. The van der Waals surface area contributed by atoms with Crippen molar-refractivity contribution in [1.82, 2.24) is 19.9 Å². The molecule has 12 heteroatoms. The molecule has 7 rings (SSSR count). The fourth-order valence-corrected chi connectivity index (χ4v) is 8.15. The van der Waals surface area contributed by atoms with Crippen LogP contribution in [0.1, 0.15) is 64.9 Å². The van der Waals surface area contributed by atoms with Crippen LogP contribution < -0.4 is 9.64 Å². The van der Waals surface area contributed by atoms with E-state index in [1.165, 1.54) is 31.3 Å². The van der Waals surface area contributed by atoms with E-state index in [2.05, 4.69) is 14.9 Å². The second-order valence-corrected chi connectivity index (χ2v) is 13.8. The quantitative estimate of drug-likeness (QED) is 0.228. The molecule has 0 spiro atoms. The molecule has 2 N–H and O–H groups in total. The van der Waals surface area contributed by atoms with Gasteiger partial charge in [0.1, 0.15) is 41.8 Å². The lowest BCUT2D eigenvalue weighted by molar-refractivity contribution is -0.142. The highest BCUT2D eigenvalue weighted by atomic mass is 19.1. The number of anilines is 1. The van der Waals surface area contributed by atoms with E-state index >= 15 is 4.39 Å². The largest absolute Gasteiger partial charge is 0.508 e. The van der Waals surface area contributed by atoms with E-state index in [1.54, 1.807) is 13.0 Å². The van der Waals surface area contributed by atoms with Crippen LogP contribution in [0.2, 0.25) is 0 Å². The first kappa shape index (κ1) is 32.4. The maximum atomic E-state index is 16.9. The number of carbonyl (C=O) groups excluding carboxylic acids is 1. The van der Waals surface area contributed by atoms with Gasteiger partial charge in [0.15, 0.2) is 5.82 Å². The third-order valence-corrected chi connectivity index (χ3v) is 10.4. The third kappa shape index (κ3) is 5.78. The summed E-state index contributed by atoms with van der Waals surface area (Å²) >= 11 is 0. The molecule has 4 aromatic rings. The number of benzene rings is 2. The van der Waals surface area contributed by atoms with Crippen molar-refractivity contribution >= 4 is 33.5 Å². The maximum absolute atomic E-state index is 16.9. The molecule has 2 aromatic heterocycles. The number of β-amino-alcohol motifs (C(OH)–C–C–N with tert-alkyl or cyclic N) is 1. The Kier molecular flexibility index (Phi) is 8.35. The topological polar surface area (TPSA) is 121 Å². The van der Waals surface area contributed by atoms with Crippen LogP contribution >= 0.6 is 0 Å². The van der Waals surface area contributed by atoms with Crippen molar-refractivity contribution in [1.29, 1.82) is 0 Å². The molecule has 3 aliphatic heterocycles. The van der Waals surface area contributed by atoms with Crippen LogP contribution in [0.5, 0.6) is 11.8 Å². The van der Waals surface area contributed by atoms with Crippen LogP contribution in [0.15, 0.2) is 30.5 Å². The number of piperidine rings is 1. The van der Waals surface area contributed by atoms with Gasteiger partial charge in [0.25, 0.3) is 0 Å². The second kappa shape index (κ2) is 12.4. The smallest absolute Gasteiger partial charge is 0.319 e. The van der Waals surface area contributed by atoms with Crippen molar-refractivity contribution < 1.29 is 33.3 Å². The average Bonchev–Trinajstić information content (AvgIpc) is 3.61. The summed E-state index contributed by atoms with van der Waals surface area (Å²) in [6.07, 6.45) is 6.81. The monoisotopic (exact) mass is 661 g/mol. The van der Waals surface area contributed by atoms with E-state index in [9.17, 15) is 19.4 Å². The Morgan fingerprint density at radius 1 is 1.12 bits per heavy atom. The molecule has 2 aromatic carbocycles. The van der Waals surface area contributed by atoms with E-state index < -0.39 is 17.2 Å². The lowest BCUT2D eigenvalue weighted by atomic mass is 9.94. The fraction of sp³-hybridized carbons (Fsp3) is 0.500. The predicted molar refractivity (Wildman–Crippen MR) is 177 cm³/mol. The first-order chi connectivity index (χ1) is 23.0. The highest BCUT2D eigenvalue weighted by Crippen LogP contribution is 2.44. The van der Waals surface area contributed by atoms with Crippen molar-refractivity contribution in [3.63, 3.8) is 0 Å². The number of aromatic hydroxyl groups is 1. The SMILES string of the molecule is CCc1c(F)ccc2cc(O)cc(-c3ncc4c(N5CCC[C@@](C)(O)C5)nc(OCC56CCCN5C(COC(C)=O)CC6)nc4c3F)c12. The van der Waals surface area contributed by atoms with Crippen LogP contribution in [0, 0.1) is 11.6 Å². The number of nitrogens with zero attached hydrogens (tertiary/aromatic N) is 5. The van der Waals surface area contributed by atoms with Crippen molar-refractivity contribution in [2.45, 2.75) is 82.9 Å². The fourth-order valence-electron chi connectivity index (χ4n) is 8.15. The third-order valence-electron chi connectivity index (χ3n) is 10.4. The van der Waals surface area contributed by atoms with E-state index in [4.69, 9.17) is 14.5 Å². The summed E-state index contributed by atoms with van der Waals surface area (Å²) in [4.78, 5) is 29.7. The van der Waals surface area contributed by atoms with Gasteiger partial charge in [-0.15, -0.1) is 0 Å². The number of pyridine rings is 1. The number of rotatable bonds is 8. The van der Waals surface area contributed by atoms with Crippen LogP contribution in [-0.4, -0.2) is 86.1 Å². The number of phenols is 1. The van der Waals surface area contributed by atoms with E-state index in [0.29, 0.717) is 60.0 Å². The normalized spacial score (nSPS) is 24.4. The van der Waals surface area contributed by atoms with Gasteiger partial charge in [-0.25, -0.2) is 8.78 Å². The second-order valence-electron chi connectivity index (χ2n) is 13.8. The lowest BCUT2D eigenvalue weighted by Gasteiger charge is -2.38. The highest BCUT2D eigenvalue weighted by Gasteiger charge is 2.50. The predicted octanol–water partition coefficient (Wildman–Crippen LogP) is 5.68. The van der Waals surface area contributed by atoms with Crippen molar-refractivity contribution in [2.24, 2.45) is 0 Å². The molecule has 0 amide bonds. The zero-order valence-electron chi connectivity index (χ0n) is 27.6. The van der Waals surface area contributed by atoms with E-state index in [1.807, 2.05) is 11.8 Å². The Morgan fingerprint density at radius 3 is 2.71 bits per heavy atom. The summed E-state index contributed by atoms with van der Waals surface area (Å²) in [6.45, 7) is 7.36.